The Morgan fingerprint density at radius 1 is 1.21 bits per heavy atom. The van der Waals surface area contributed by atoms with Gasteiger partial charge in [-0.05, 0) is 30.0 Å². The average molecular weight is 392 g/mol. The lowest BCUT2D eigenvalue weighted by atomic mass is 10.1. The lowest BCUT2D eigenvalue weighted by Gasteiger charge is -2.11. The molecule has 148 valence electrons. The third kappa shape index (κ3) is 3.84. The number of anilines is 2. The lowest BCUT2D eigenvalue weighted by Crippen LogP contribution is -2.13. The standard InChI is InChI=1S/C20H21FN8/c1-12(2)16-11-26-29-19(16)27-18(14-8-15(21)10-23-9-14)28-20(29)25-7-5-13-4-3-6-24-17(13)22/h3-4,6,8-12H,5,7H2,1-2H3,(H2,22,24)(H,25,27,28). The zero-order valence-corrected chi connectivity index (χ0v) is 16.2. The van der Waals surface area contributed by atoms with Gasteiger partial charge in [0.05, 0.1) is 12.4 Å². The third-order valence-corrected chi connectivity index (χ3v) is 4.58. The number of nitrogens with zero attached hydrogens (tertiary/aromatic N) is 6. The fourth-order valence-corrected chi connectivity index (χ4v) is 3.05. The summed E-state index contributed by atoms with van der Waals surface area (Å²) in [6, 6.07) is 5.16. The Morgan fingerprint density at radius 2 is 2.07 bits per heavy atom. The summed E-state index contributed by atoms with van der Waals surface area (Å²) in [6.45, 7) is 4.71. The number of nitrogens with one attached hydrogen (secondary N) is 1. The first-order valence-corrected chi connectivity index (χ1v) is 9.32. The van der Waals surface area contributed by atoms with Gasteiger partial charge < -0.3 is 11.1 Å². The van der Waals surface area contributed by atoms with Crippen molar-refractivity contribution in [2.45, 2.75) is 26.2 Å². The fourth-order valence-electron chi connectivity index (χ4n) is 3.05. The topological polar surface area (TPSA) is 107 Å². The summed E-state index contributed by atoms with van der Waals surface area (Å²) in [5.74, 6) is 1.20. The van der Waals surface area contributed by atoms with Crippen molar-refractivity contribution in [2.75, 3.05) is 17.6 Å². The normalized spacial score (nSPS) is 11.3. The quantitative estimate of drug-likeness (QED) is 0.519. The molecule has 4 rings (SSSR count). The van der Waals surface area contributed by atoms with Crippen LogP contribution in [0.25, 0.3) is 17.0 Å². The van der Waals surface area contributed by atoms with Gasteiger partial charge in [-0.2, -0.15) is 14.6 Å². The molecule has 8 nitrogen and oxygen atoms in total. The zero-order valence-electron chi connectivity index (χ0n) is 16.2. The number of nitrogen functional groups attached to an aromatic ring is 1. The zero-order chi connectivity index (χ0) is 20.4. The summed E-state index contributed by atoms with van der Waals surface area (Å²) in [7, 11) is 0. The van der Waals surface area contributed by atoms with E-state index in [1.165, 1.54) is 6.07 Å². The molecule has 0 saturated heterocycles. The summed E-state index contributed by atoms with van der Waals surface area (Å²) in [6.07, 6.45) is 6.81. The van der Waals surface area contributed by atoms with Crippen molar-refractivity contribution in [3.63, 3.8) is 0 Å². The van der Waals surface area contributed by atoms with Crippen LogP contribution in [0.5, 0.6) is 0 Å². The molecule has 4 aromatic heterocycles. The number of halogens is 1. The van der Waals surface area contributed by atoms with Gasteiger partial charge in [0.25, 0.3) is 0 Å². The van der Waals surface area contributed by atoms with E-state index in [1.54, 1.807) is 23.1 Å². The lowest BCUT2D eigenvalue weighted by molar-refractivity contribution is 0.622. The van der Waals surface area contributed by atoms with Crippen LogP contribution in [0.1, 0.15) is 30.9 Å². The van der Waals surface area contributed by atoms with E-state index < -0.39 is 5.82 Å². The van der Waals surface area contributed by atoms with Gasteiger partial charge >= 0.3 is 0 Å². The molecule has 0 aliphatic heterocycles. The molecule has 4 heterocycles. The summed E-state index contributed by atoms with van der Waals surface area (Å²) < 4.78 is 15.3. The van der Waals surface area contributed by atoms with Gasteiger partial charge in [-0.1, -0.05) is 19.9 Å². The van der Waals surface area contributed by atoms with Gasteiger partial charge in [0.15, 0.2) is 11.5 Å². The van der Waals surface area contributed by atoms with E-state index in [0.29, 0.717) is 41.8 Å². The highest BCUT2D eigenvalue weighted by Gasteiger charge is 2.16. The smallest absolute Gasteiger partial charge is 0.227 e. The number of fused-ring (bicyclic) bond motifs is 1. The van der Waals surface area contributed by atoms with Gasteiger partial charge in [-0.3, -0.25) is 4.98 Å². The fraction of sp³-hybridized carbons (Fsp3) is 0.250. The van der Waals surface area contributed by atoms with Crippen molar-refractivity contribution in [1.82, 2.24) is 29.5 Å². The van der Waals surface area contributed by atoms with Crippen LogP contribution >= 0.6 is 0 Å². The molecule has 0 saturated carbocycles. The Hall–Kier alpha value is -3.62. The molecule has 3 N–H and O–H groups in total. The monoisotopic (exact) mass is 392 g/mol. The van der Waals surface area contributed by atoms with E-state index in [0.717, 1.165) is 17.3 Å². The van der Waals surface area contributed by atoms with Crippen LogP contribution in [0, 0.1) is 5.82 Å². The number of pyridine rings is 2. The first-order valence-electron chi connectivity index (χ1n) is 9.32. The molecule has 0 fully saturated rings. The van der Waals surface area contributed by atoms with E-state index in [4.69, 9.17) is 5.73 Å². The van der Waals surface area contributed by atoms with E-state index >= 15 is 0 Å². The van der Waals surface area contributed by atoms with Gasteiger partial charge in [0.1, 0.15) is 11.6 Å². The van der Waals surface area contributed by atoms with Crippen molar-refractivity contribution < 1.29 is 4.39 Å². The molecule has 0 bridgehead atoms. The molecule has 0 aromatic carbocycles. The molecule has 29 heavy (non-hydrogen) atoms. The summed E-state index contributed by atoms with van der Waals surface area (Å²) in [4.78, 5) is 17.2. The Balaban J connectivity index is 1.70. The van der Waals surface area contributed by atoms with Crippen molar-refractivity contribution >= 4 is 17.4 Å². The number of nitrogens with two attached hydrogens (primary N) is 1. The van der Waals surface area contributed by atoms with E-state index in [1.807, 2.05) is 12.1 Å². The molecule has 0 spiro atoms. The molecule has 0 unspecified atom stereocenters. The highest BCUT2D eigenvalue weighted by Crippen LogP contribution is 2.24. The van der Waals surface area contributed by atoms with Gasteiger partial charge in [-0.15, -0.1) is 0 Å². The van der Waals surface area contributed by atoms with Crippen LogP contribution in [-0.4, -0.2) is 36.1 Å². The Labute approximate surface area is 167 Å². The second-order valence-electron chi connectivity index (χ2n) is 6.98. The summed E-state index contributed by atoms with van der Waals surface area (Å²) in [5, 5.41) is 7.73. The molecule has 0 radical (unpaired) electrons. The van der Waals surface area contributed by atoms with Gasteiger partial charge in [0, 0.05) is 30.1 Å². The van der Waals surface area contributed by atoms with Crippen LogP contribution in [0.2, 0.25) is 0 Å². The minimum atomic E-state index is -0.440. The Morgan fingerprint density at radius 3 is 2.83 bits per heavy atom. The minimum Gasteiger partial charge on any atom is -0.383 e. The van der Waals surface area contributed by atoms with Crippen LogP contribution in [-0.2, 0) is 6.42 Å². The maximum atomic E-state index is 13.7. The van der Waals surface area contributed by atoms with Crippen LogP contribution in [0.4, 0.5) is 16.2 Å². The predicted molar refractivity (Wildman–Crippen MR) is 109 cm³/mol. The van der Waals surface area contributed by atoms with Crippen molar-refractivity contribution in [3.05, 3.63) is 59.9 Å². The second-order valence-corrected chi connectivity index (χ2v) is 6.98. The van der Waals surface area contributed by atoms with Crippen molar-refractivity contribution in [1.29, 1.82) is 0 Å². The molecule has 0 aliphatic rings. The predicted octanol–water partition coefficient (Wildman–Crippen LogP) is 3.08. The highest BCUT2D eigenvalue weighted by molar-refractivity contribution is 5.62. The first kappa shape index (κ1) is 18.7. The number of hydrogen-bond acceptors (Lipinski definition) is 7. The Kier molecular flexibility index (Phi) is 5.03. The summed E-state index contributed by atoms with van der Waals surface area (Å²) in [5.41, 5.74) is 9.03. The van der Waals surface area contributed by atoms with E-state index in [-0.39, 0.29) is 5.92 Å². The largest absolute Gasteiger partial charge is 0.383 e. The van der Waals surface area contributed by atoms with Crippen LogP contribution in [0.3, 0.4) is 0 Å². The molecule has 0 atom stereocenters. The molecule has 0 aliphatic carbocycles. The van der Waals surface area contributed by atoms with E-state index in [9.17, 15) is 4.39 Å². The Bertz CT molecular complexity index is 1150. The van der Waals surface area contributed by atoms with Crippen molar-refractivity contribution in [2.24, 2.45) is 0 Å². The summed E-state index contributed by atoms with van der Waals surface area (Å²) >= 11 is 0. The first-order chi connectivity index (χ1) is 14.0. The van der Waals surface area contributed by atoms with Gasteiger partial charge in [-0.25, -0.2) is 14.4 Å². The molecule has 0 amide bonds. The minimum absolute atomic E-state index is 0.226. The highest BCUT2D eigenvalue weighted by atomic mass is 19.1. The maximum absolute atomic E-state index is 13.7. The van der Waals surface area contributed by atoms with Crippen LogP contribution in [0.15, 0.2) is 43.0 Å². The SMILES string of the molecule is CC(C)c1cnn2c(NCCc3cccnc3N)nc(-c3cncc(F)c3)nc12. The number of aromatic nitrogens is 6. The maximum Gasteiger partial charge on any atom is 0.227 e. The number of rotatable bonds is 6. The molecular weight excluding hydrogens is 371 g/mol. The third-order valence-electron chi connectivity index (χ3n) is 4.58. The second kappa shape index (κ2) is 7.78. The van der Waals surface area contributed by atoms with Gasteiger partial charge in [0.2, 0.25) is 5.95 Å². The number of hydrogen-bond donors (Lipinski definition) is 2. The molecule has 9 heteroatoms. The van der Waals surface area contributed by atoms with Crippen molar-refractivity contribution in [3.8, 4) is 11.4 Å². The van der Waals surface area contributed by atoms with E-state index in [2.05, 4.69) is 44.2 Å². The van der Waals surface area contributed by atoms with Crippen LogP contribution < -0.4 is 11.1 Å². The molecular formula is C20H21FN8. The molecule has 4 aromatic rings. The average Bonchev–Trinajstić information content (AvgIpc) is 3.14.